The highest BCUT2D eigenvalue weighted by atomic mass is 35.5. The van der Waals surface area contributed by atoms with Crippen LogP contribution in [0.15, 0.2) is 42.5 Å². The normalized spacial score (nSPS) is 10.5. The van der Waals surface area contributed by atoms with E-state index < -0.39 is 11.8 Å². The van der Waals surface area contributed by atoms with E-state index in [9.17, 15) is 13.6 Å². The number of halogens is 3. The Hall–Kier alpha value is -3.33. The summed E-state index contributed by atoms with van der Waals surface area (Å²) >= 11 is 5.82. The number of rotatable bonds is 5. The third-order valence-electron chi connectivity index (χ3n) is 3.28. The van der Waals surface area contributed by atoms with Crippen LogP contribution in [0.4, 0.5) is 26.4 Å². The highest BCUT2D eigenvalue weighted by Crippen LogP contribution is 2.19. The smallest absolute Gasteiger partial charge is 0.340 e. The Morgan fingerprint density at radius 2 is 1.78 bits per heavy atom. The second-order valence-corrected chi connectivity index (χ2v) is 5.67. The third-order valence-corrected chi connectivity index (χ3v) is 3.60. The summed E-state index contributed by atoms with van der Waals surface area (Å²) in [5.74, 6) is -1.65. The van der Waals surface area contributed by atoms with Crippen LogP contribution in [0.5, 0.6) is 0 Å². The van der Waals surface area contributed by atoms with E-state index in [1.807, 2.05) is 0 Å². The van der Waals surface area contributed by atoms with Gasteiger partial charge in [0.2, 0.25) is 11.9 Å². The lowest BCUT2D eigenvalue weighted by Gasteiger charge is -2.08. The topological polar surface area (TPSA) is 103 Å². The Morgan fingerprint density at radius 3 is 2.48 bits per heavy atom. The number of ether oxygens (including phenoxy) is 1. The van der Waals surface area contributed by atoms with Crippen molar-refractivity contribution >= 4 is 35.2 Å². The molecule has 1 aromatic heterocycles. The van der Waals surface area contributed by atoms with E-state index >= 15 is 0 Å². The highest BCUT2D eigenvalue weighted by molar-refractivity contribution is 6.33. The van der Waals surface area contributed by atoms with Gasteiger partial charge in [0.25, 0.3) is 0 Å². The molecule has 0 unspecified atom stereocenters. The van der Waals surface area contributed by atoms with Gasteiger partial charge in [0.05, 0.1) is 10.6 Å². The molecular formula is C17H12ClF2N5O2. The number of hydrogen-bond donors (Lipinski definition) is 2. The van der Waals surface area contributed by atoms with Gasteiger partial charge in [0.15, 0.2) is 12.4 Å². The summed E-state index contributed by atoms with van der Waals surface area (Å²) in [7, 11) is 0. The van der Waals surface area contributed by atoms with Crippen molar-refractivity contribution in [2.75, 3.05) is 11.1 Å². The molecule has 7 nitrogen and oxygen atoms in total. The largest absolute Gasteiger partial charge is 0.454 e. The number of carbonyl (C=O) groups is 1. The molecule has 0 fully saturated rings. The van der Waals surface area contributed by atoms with Crippen LogP contribution in [0.25, 0.3) is 0 Å². The second-order valence-electron chi connectivity index (χ2n) is 5.27. The number of esters is 1. The first-order valence-corrected chi connectivity index (χ1v) is 7.94. The van der Waals surface area contributed by atoms with Crippen molar-refractivity contribution in [2.45, 2.75) is 6.61 Å². The first-order valence-electron chi connectivity index (χ1n) is 7.56. The maximum absolute atomic E-state index is 13.0. The zero-order chi connectivity index (χ0) is 19.4. The molecule has 0 bridgehead atoms. The van der Waals surface area contributed by atoms with E-state index in [0.29, 0.717) is 5.69 Å². The maximum Gasteiger partial charge on any atom is 0.340 e. The lowest BCUT2D eigenvalue weighted by Crippen LogP contribution is -2.11. The summed E-state index contributed by atoms with van der Waals surface area (Å²) in [6.45, 7) is -0.308. The average molecular weight is 392 g/mol. The fraction of sp³-hybridized carbons (Fsp3) is 0.0588. The summed E-state index contributed by atoms with van der Waals surface area (Å²) < 4.78 is 31.1. The van der Waals surface area contributed by atoms with Crippen molar-refractivity contribution < 1.29 is 18.3 Å². The number of aromatic nitrogens is 3. The summed E-state index contributed by atoms with van der Waals surface area (Å²) in [5, 5.41) is 2.76. The monoisotopic (exact) mass is 391 g/mol. The van der Waals surface area contributed by atoms with Gasteiger partial charge in [0.1, 0.15) is 11.6 Å². The lowest BCUT2D eigenvalue weighted by molar-refractivity contribution is 0.0462. The number of benzene rings is 2. The lowest BCUT2D eigenvalue weighted by atomic mass is 10.2. The molecule has 3 rings (SSSR count). The third kappa shape index (κ3) is 4.85. The molecule has 3 N–H and O–H groups in total. The number of nitrogens with two attached hydrogens (primary N) is 1. The molecule has 0 saturated carbocycles. The van der Waals surface area contributed by atoms with Crippen LogP contribution >= 0.6 is 11.6 Å². The van der Waals surface area contributed by atoms with Crippen LogP contribution in [-0.2, 0) is 11.3 Å². The first-order chi connectivity index (χ1) is 12.9. The molecule has 138 valence electrons. The Labute approximate surface area is 157 Å². The molecule has 2 aromatic carbocycles. The van der Waals surface area contributed by atoms with Crippen molar-refractivity contribution in [2.24, 2.45) is 0 Å². The van der Waals surface area contributed by atoms with Gasteiger partial charge >= 0.3 is 5.97 Å². The Kier molecular flexibility index (Phi) is 5.41. The van der Waals surface area contributed by atoms with Crippen LogP contribution < -0.4 is 11.1 Å². The maximum atomic E-state index is 13.0. The Balaban J connectivity index is 1.70. The summed E-state index contributed by atoms with van der Waals surface area (Å²) in [6.07, 6.45) is 0. The van der Waals surface area contributed by atoms with Crippen LogP contribution in [0.2, 0.25) is 5.02 Å². The molecule has 0 aliphatic carbocycles. The van der Waals surface area contributed by atoms with E-state index in [1.165, 1.54) is 30.3 Å². The van der Waals surface area contributed by atoms with Crippen molar-refractivity contribution in [1.29, 1.82) is 0 Å². The molecular weight excluding hydrogens is 380 g/mol. The molecule has 10 heteroatoms. The van der Waals surface area contributed by atoms with Gasteiger partial charge < -0.3 is 15.8 Å². The van der Waals surface area contributed by atoms with Gasteiger partial charge in [-0.25, -0.2) is 13.6 Å². The highest BCUT2D eigenvalue weighted by Gasteiger charge is 2.14. The fourth-order valence-electron chi connectivity index (χ4n) is 2.08. The van der Waals surface area contributed by atoms with Crippen molar-refractivity contribution in [1.82, 2.24) is 15.0 Å². The predicted molar refractivity (Wildman–Crippen MR) is 94.5 cm³/mol. The van der Waals surface area contributed by atoms with Gasteiger partial charge in [-0.1, -0.05) is 11.6 Å². The molecule has 1 heterocycles. The van der Waals surface area contributed by atoms with Crippen molar-refractivity contribution in [3.8, 4) is 0 Å². The minimum atomic E-state index is -0.771. The molecule has 0 amide bonds. The summed E-state index contributed by atoms with van der Waals surface area (Å²) in [6, 6.07) is 8.82. The minimum Gasteiger partial charge on any atom is -0.454 e. The number of nitrogen functional groups attached to an aromatic ring is 1. The zero-order valence-electron chi connectivity index (χ0n) is 13.6. The number of nitrogens with one attached hydrogen (secondary N) is 1. The van der Waals surface area contributed by atoms with E-state index in [-0.39, 0.29) is 40.7 Å². The van der Waals surface area contributed by atoms with E-state index in [2.05, 4.69) is 20.3 Å². The minimum absolute atomic E-state index is 0.00440. The molecule has 0 radical (unpaired) electrons. The molecule has 0 aliphatic heterocycles. The van der Waals surface area contributed by atoms with Crippen LogP contribution in [0.3, 0.4) is 0 Å². The number of carbonyl (C=O) groups excluding carboxylic acids is 1. The van der Waals surface area contributed by atoms with E-state index in [1.54, 1.807) is 0 Å². The summed E-state index contributed by atoms with van der Waals surface area (Å²) in [4.78, 5) is 23.9. The second kappa shape index (κ2) is 7.92. The van der Waals surface area contributed by atoms with E-state index in [4.69, 9.17) is 22.1 Å². The van der Waals surface area contributed by atoms with Gasteiger partial charge in [-0.2, -0.15) is 15.0 Å². The van der Waals surface area contributed by atoms with Gasteiger partial charge in [-0.3, -0.25) is 0 Å². The predicted octanol–water partition coefficient (Wildman–Crippen LogP) is 3.49. The average Bonchev–Trinajstić information content (AvgIpc) is 2.61. The Bertz CT molecular complexity index is 986. The van der Waals surface area contributed by atoms with Gasteiger partial charge in [0, 0.05) is 5.69 Å². The molecule has 0 aliphatic rings. The standard InChI is InChI=1S/C17H12ClF2N5O2/c18-13-7-10(20)3-6-12(13)15(26)27-8-14-23-16(21)25-17(24-14)22-11-4-1-9(19)2-5-11/h1-7H,8H2,(H3,21,22,23,24,25). The molecule has 27 heavy (non-hydrogen) atoms. The van der Waals surface area contributed by atoms with Crippen LogP contribution in [-0.4, -0.2) is 20.9 Å². The molecule has 0 spiro atoms. The molecule has 0 atom stereocenters. The molecule has 3 aromatic rings. The zero-order valence-corrected chi connectivity index (χ0v) is 14.4. The number of hydrogen-bond acceptors (Lipinski definition) is 7. The Morgan fingerprint density at radius 1 is 1.07 bits per heavy atom. The van der Waals surface area contributed by atoms with Gasteiger partial charge in [-0.05, 0) is 42.5 Å². The number of nitrogens with zero attached hydrogens (tertiary/aromatic N) is 3. The summed E-state index contributed by atoms with van der Waals surface area (Å²) in [5.41, 5.74) is 6.16. The van der Waals surface area contributed by atoms with Gasteiger partial charge in [-0.15, -0.1) is 0 Å². The van der Waals surface area contributed by atoms with Crippen molar-refractivity contribution in [3.63, 3.8) is 0 Å². The fourth-order valence-corrected chi connectivity index (χ4v) is 2.33. The van der Waals surface area contributed by atoms with Crippen LogP contribution in [0.1, 0.15) is 16.2 Å². The first kappa shape index (κ1) is 18.5. The van der Waals surface area contributed by atoms with Crippen LogP contribution in [0, 0.1) is 11.6 Å². The number of anilines is 3. The molecule has 0 saturated heterocycles. The van der Waals surface area contributed by atoms with Crippen molar-refractivity contribution in [3.05, 3.63) is 70.5 Å². The quantitative estimate of drug-likeness (QED) is 0.641. The SMILES string of the molecule is Nc1nc(COC(=O)c2ccc(F)cc2Cl)nc(Nc2ccc(F)cc2)n1. The van der Waals surface area contributed by atoms with E-state index in [0.717, 1.165) is 12.1 Å².